The molecule has 3 rings (SSSR count). The number of nitrogens with zero attached hydrogens (tertiary/aromatic N) is 2. The summed E-state index contributed by atoms with van der Waals surface area (Å²) in [5.41, 5.74) is 8.60. The highest BCUT2D eigenvalue weighted by Crippen LogP contribution is 2.32. The van der Waals surface area contributed by atoms with Gasteiger partial charge in [0, 0.05) is 6.54 Å². The SMILES string of the molecule is Cc1ccccc1CC(=O)N1CCCCC1c1[nH]ncc1C(N)=O. The van der Waals surface area contributed by atoms with E-state index in [4.69, 9.17) is 5.73 Å². The molecule has 2 heterocycles. The molecule has 2 amide bonds. The van der Waals surface area contributed by atoms with E-state index in [9.17, 15) is 9.59 Å². The van der Waals surface area contributed by atoms with E-state index in [1.165, 1.54) is 6.20 Å². The highest BCUT2D eigenvalue weighted by molar-refractivity contribution is 5.94. The number of nitrogens with two attached hydrogens (primary N) is 1. The molecule has 0 spiro atoms. The van der Waals surface area contributed by atoms with Gasteiger partial charge in [0.2, 0.25) is 5.91 Å². The van der Waals surface area contributed by atoms with Crippen molar-refractivity contribution in [1.82, 2.24) is 15.1 Å². The minimum absolute atomic E-state index is 0.0685. The van der Waals surface area contributed by atoms with Gasteiger partial charge < -0.3 is 10.6 Å². The van der Waals surface area contributed by atoms with Crippen molar-refractivity contribution in [1.29, 1.82) is 0 Å². The Morgan fingerprint density at radius 3 is 2.88 bits per heavy atom. The molecule has 0 aliphatic carbocycles. The van der Waals surface area contributed by atoms with Gasteiger partial charge in [-0.05, 0) is 37.3 Å². The maximum atomic E-state index is 12.9. The van der Waals surface area contributed by atoms with Crippen molar-refractivity contribution in [3.8, 4) is 0 Å². The van der Waals surface area contributed by atoms with Crippen LogP contribution in [0.15, 0.2) is 30.5 Å². The summed E-state index contributed by atoms with van der Waals surface area (Å²) in [6, 6.07) is 7.74. The minimum Gasteiger partial charge on any atom is -0.365 e. The van der Waals surface area contributed by atoms with Crippen molar-refractivity contribution in [2.24, 2.45) is 5.73 Å². The minimum atomic E-state index is -0.518. The number of aromatic amines is 1. The average molecular weight is 326 g/mol. The quantitative estimate of drug-likeness (QED) is 0.901. The van der Waals surface area contributed by atoms with E-state index in [1.807, 2.05) is 36.1 Å². The van der Waals surface area contributed by atoms with Gasteiger partial charge in [-0.15, -0.1) is 0 Å². The molecule has 126 valence electrons. The number of aromatic nitrogens is 2. The summed E-state index contributed by atoms with van der Waals surface area (Å²) >= 11 is 0. The standard InChI is InChI=1S/C18H22N4O2/c1-12-6-2-3-7-13(12)10-16(23)22-9-5-4-8-15(22)17-14(18(19)24)11-20-21-17/h2-3,6-7,11,15H,4-5,8-10H2,1H3,(H2,19,24)(H,20,21). The van der Waals surface area contributed by atoms with Crippen molar-refractivity contribution in [2.75, 3.05) is 6.54 Å². The highest BCUT2D eigenvalue weighted by atomic mass is 16.2. The summed E-state index contributed by atoms with van der Waals surface area (Å²) in [4.78, 5) is 26.3. The number of aryl methyl sites for hydroxylation is 1. The van der Waals surface area contributed by atoms with Crippen molar-refractivity contribution >= 4 is 11.8 Å². The molecule has 6 nitrogen and oxygen atoms in total. The summed E-state index contributed by atoms with van der Waals surface area (Å²) in [5, 5.41) is 6.82. The van der Waals surface area contributed by atoms with Crippen LogP contribution < -0.4 is 5.73 Å². The molecule has 1 aliphatic rings. The zero-order chi connectivity index (χ0) is 17.1. The summed E-state index contributed by atoms with van der Waals surface area (Å²) in [6.07, 6.45) is 4.59. The molecule has 0 saturated carbocycles. The predicted molar refractivity (Wildman–Crippen MR) is 90.3 cm³/mol. The van der Waals surface area contributed by atoms with E-state index in [-0.39, 0.29) is 11.9 Å². The fourth-order valence-electron chi connectivity index (χ4n) is 3.35. The maximum Gasteiger partial charge on any atom is 0.252 e. The topological polar surface area (TPSA) is 92.1 Å². The zero-order valence-corrected chi connectivity index (χ0v) is 13.8. The number of benzene rings is 1. The second-order valence-corrected chi connectivity index (χ2v) is 6.26. The Balaban J connectivity index is 1.84. The molecule has 1 aromatic carbocycles. The smallest absolute Gasteiger partial charge is 0.252 e. The number of carbonyl (C=O) groups is 2. The Morgan fingerprint density at radius 2 is 2.12 bits per heavy atom. The van der Waals surface area contributed by atoms with Gasteiger partial charge in [0.15, 0.2) is 0 Å². The van der Waals surface area contributed by atoms with E-state index < -0.39 is 5.91 Å². The molecule has 1 fully saturated rings. The van der Waals surface area contributed by atoms with Crippen LogP contribution in [0.2, 0.25) is 0 Å². The molecule has 1 saturated heterocycles. The van der Waals surface area contributed by atoms with E-state index in [2.05, 4.69) is 10.2 Å². The molecule has 0 radical (unpaired) electrons. The monoisotopic (exact) mass is 326 g/mol. The molecule has 2 aromatic rings. The number of nitrogens with one attached hydrogen (secondary N) is 1. The van der Waals surface area contributed by atoms with Gasteiger partial charge in [0.05, 0.1) is 29.9 Å². The molecular weight excluding hydrogens is 304 g/mol. The molecule has 1 unspecified atom stereocenters. The van der Waals surface area contributed by atoms with Gasteiger partial charge in [-0.2, -0.15) is 5.10 Å². The molecule has 0 bridgehead atoms. The first kappa shape index (κ1) is 16.2. The second kappa shape index (κ2) is 6.86. The lowest BCUT2D eigenvalue weighted by Crippen LogP contribution is -2.40. The summed E-state index contributed by atoms with van der Waals surface area (Å²) < 4.78 is 0. The molecule has 1 aromatic heterocycles. The Bertz CT molecular complexity index is 753. The number of amides is 2. The van der Waals surface area contributed by atoms with Crippen LogP contribution in [0.3, 0.4) is 0 Å². The second-order valence-electron chi connectivity index (χ2n) is 6.26. The third-order valence-corrected chi connectivity index (χ3v) is 4.69. The van der Waals surface area contributed by atoms with Crippen LogP contribution >= 0.6 is 0 Å². The average Bonchev–Trinajstić information content (AvgIpc) is 3.07. The lowest BCUT2D eigenvalue weighted by molar-refractivity contribution is -0.134. The van der Waals surface area contributed by atoms with Gasteiger partial charge in [0.1, 0.15) is 0 Å². The number of likely N-dealkylation sites (tertiary alicyclic amines) is 1. The molecule has 1 atom stereocenters. The number of carbonyl (C=O) groups excluding carboxylic acids is 2. The fourth-order valence-corrected chi connectivity index (χ4v) is 3.35. The van der Waals surface area contributed by atoms with Gasteiger partial charge in [-0.1, -0.05) is 24.3 Å². The molecule has 3 N–H and O–H groups in total. The van der Waals surface area contributed by atoms with Gasteiger partial charge in [-0.3, -0.25) is 14.7 Å². The Hall–Kier alpha value is -2.63. The van der Waals surface area contributed by atoms with Crippen molar-refractivity contribution in [2.45, 2.75) is 38.6 Å². The van der Waals surface area contributed by atoms with Crippen molar-refractivity contribution < 1.29 is 9.59 Å². The van der Waals surface area contributed by atoms with E-state index >= 15 is 0 Å². The van der Waals surface area contributed by atoms with Crippen LogP contribution in [0.4, 0.5) is 0 Å². The summed E-state index contributed by atoms with van der Waals surface area (Å²) in [5.74, 6) is -0.449. The Labute approximate surface area is 141 Å². The first-order chi connectivity index (χ1) is 11.6. The largest absolute Gasteiger partial charge is 0.365 e. The number of primary amides is 1. The maximum absolute atomic E-state index is 12.9. The number of rotatable bonds is 4. The third kappa shape index (κ3) is 3.18. The lowest BCUT2D eigenvalue weighted by Gasteiger charge is -2.35. The van der Waals surface area contributed by atoms with Gasteiger partial charge in [0.25, 0.3) is 5.91 Å². The van der Waals surface area contributed by atoms with Gasteiger partial charge >= 0.3 is 0 Å². The molecular formula is C18H22N4O2. The van der Waals surface area contributed by atoms with E-state index in [0.717, 1.165) is 30.4 Å². The van der Waals surface area contributed by atoms with Crippen LogP contribution in [0.5, 0.6) is 0 Å². The first-order valence-corrected chi connectivity index (χ1v) is 8.25. The first-order valence-electron chi connectivity index (χ1n) is 8.25. The van der Waals surface area contributed by atoms with Crippen LogP contribution in [0, 0.1) is 6.92 Å². The number of piperidine rings is 1. The lowest BCUT2D eigenvalue weighted by atomic mass is 9.95. The number of hydrogen-bond acceptors (Lipinski definition) is 3. The summed E-state index contributed by atoms with van der Waals surface area (Å²) in [7, 11) is 0. The third-order valence-electron chi connectivity index (χ3n) is 4.69. The fraction of sp³-hybridized carbons (Fsp3) is 0.389. The van der Waals surface area contributed by atoms with Crippen molar-refractivity contribution in [3.63, 3.8) is 0 Å². The Kier molecular flexibility index (Phi) is 4.64. The molecule has 1 aliphatic heterocycles. The Morgan fingerprint density at radius 1 is 1.33 bits per heavy atom. The van der Waals surface area contributed by atoms with Gasteiger partial charge in [-0.25, -0.2) is 0 Å². The molecule has 6 heteroatoms. The van der Waals surface area contributed by atoms with Crippen LogP contribution in [-0.2, 0) is 11.2 Å². The van der Waals surface area contributed by atoms with Crippen LogP contribution in [0.25, 0.3) is 0 Å². The number of H-pyrrole nitrogens is 1. The normalized spacial score (nSPS) is 17.7. The highest BCUT2D eigenvalue weighted by Gasteiger charge is 2.31. The molecule has 24 heavy (non-hydrogen) atoms. The van der Waals surface area contributed by atoms with E-state index in [0.29, 0.717) is 24.2 Å². The summed E-state index contributed by atoms with van der Waals surface area (Å²) in [6.45, 7) is 2.70. The van der Waals surface area contributed by atoms with E-state index in [1.54, 1.807) is 0 Å². The van der Waals surface area contributed by atoms with Crippen molar-refractivity contribution in [3.05, 3.63) is 52.8 Å². The predicted octanol–water partition coefficient (Wildman–Crippen LogP) is 2.11. The zero-order valence-electron chi connectivity index (χ0n) is 13.8. The van der Waals surface area contributed by atoms with Crippen LogP contribution in [-0.4, -0.2) is 33.5 Å². The number of hydrogen-bond donors (Lipinski definition) is 2. The van der Waals surface area contributed by atoms with Crippen LogP contribution in [0.1, 0.15) is 52.5 Å².